The van der Waals surface area contributed by atoms with Gasteiger partial charge in [-0.3, -0.25) is 4.99 Å². The van der Waals surface area contributed by atoms with Gasteiger partial charge < -0.3 is 10.5 Å². The van der Waals surface area contributed by atoms with Crippen LogP contribution in [0.3, 0.4) is 0 Å². The molecule has 6 heteroatoms. The number of hydrogen-bond donors (Lipinski definition) is 1. The van der Waals surface area contributed by atoms with Crippen molar-refractivity contribution < 1.29 is 9.13 Å². The predicted molar refractivity (Wildman–Crippen MR) is 102 cm³/mol. The van der Waals surface area contributed by atoms with Gasteiger partial charge in [0.05, 0.1) is 5.70 Å². The van der Waals surface area contributed by atoms with Crippen molar-refractivity contribution in [1.82, 2.24) is 4.98 Å². The Labute approximate surface area is 152 Å². The van der Waals surface area contributed by atoms with Crippen molar-refractivity contribution in [2.75, 3.05) is 5.73 Å². The summed E-state index contributed by atoms with van der Waals surface area (Å²) in [5.74, 6) is 0.276. The van der Waals surface area contributed by atoms with Crippen molar-refractivity contribution in [2.24, 2.45) is 4.99 Å². The molecule has 1 aromatic heterocycles. The number of anilines is 1. The third kappa shape index (κ3) is 4.79. The summed E-state index contributed by atoms with van der Waals surface area (Å²) in [6.07, 6.45) is 5.70. The summed E-state index contributed by atoms with van der Waals surface area (Å²) in [6.45, 7) is 5.65. The van der Waals surface area contributed by atoms with E-state index < -0.39 is 6.10 Å². The molecule has 0 bridgehead atoms. The second-order valence-corrected chi connectivity index (χ2v) is 5.83. The molecular weight excluding hydrogens is 341 g/mol. The van der Waals surface area contributed by atoms with Crippen LogP contribution in [0.4, 0.5) is 10.2 Å². The van der Waals surface area contributed by atoms with Gasteiger partial charge in [-0.2, -0.15) is 0 Å². The fraction of sp³-hybridized carbons (Fsp3) is 0.263. The normalized spacial score (nSPS) is 13.2. The minimum atomic E-state index is -0.490. The number of halogens is 2. The van der Waals surface area contributed by atoms with E-state index in [1.54, 1.807) is 25.4 Å². The van der Waals surface area contributed by atoms with Gasteiger partial charge in [-0.15, -0.1) is 0 Å². The van der Waals surface area contributed by atoms with Gasteiger partial charge in [0.2, 0.25) is 0 Å². The Hall–Kier alpha value is -2.40. The summed E-state index contributed by atoms with van der Waals surface area (Å²) in [4.78, 5) is 8.53. The molecule has 0 aliphatic rings. The van der Waals surface area contributed by atoms with Crippen molar-refractivity contribution in [1.29, 1.82) is 0 Å². The zero-order valence-corrected chi connectivity index (χ0v) is 15.2. The molecule has 25 heavy (non-hydrogen) atoms. The molecule has 1 aromatic carbocycles. The van der Waals surface area contributed by atoms with E-state index in [1.807, 2.05) is 19.9 Å². The Morgan fingerprint density at radius 2 is 2.20 bits per heavy atom. The summed E-state index contributed by atoms with van der Waals surface area (Å²) in [5, 5.41) is 0.429. The van der Waals surface area contributed by atoms with Gasteiger partial charge in [0, 0.05) is 28.6 Å². The molecule has 2 N–H and O–H groups in total. The monoisotopic (exact) mass is 361 g/mol. The number of benzene rings is 1. The highest BCUT2D eigenvalue weighted by atomic mass is 35.5. The van der Waals surface area contributed by atoms with Gasteiger partial charge in [0.1, 0.15) is 11.9 Å². The van der Waals surface area contributed by atoms with E-state index >= 15 is 0 Å². The molecule has 0 amide bonds. The lowest BCUT2D eigenvalue weighted by molar-refractivity contribution is 0.227. The van der Waals surface area contributed by atoms with Gasteiger partial charge in [0.15, 0.2) is 11.6 Å². The maximum absolute atomic E-state index is 13.5. The van der Waals surface area contributed by atoms with Gasteiger partial charge >= 0.3 is 0 Å². The van der Waals surface area contributed by atoms with Gasteiger partial charge in [-0.1, -0.05) is 24.6 Å². The second-order valence-electron chi connectivity index (χ2n) is 5.42. The second kappa shape index (κ2) is 8.62. The highest BCUT2D eigenvalue weighted by Gasteiger charge is 2.15. The SMILES string of the molecule is C/C=N\C(=C/CC)c1cnc(N)c(OC(C)c2cc(F)ccc2Cl)c1. The maximum atomic E-state index is 13.5. The fourth-order valence-electron chi connectivity index (χ4n) is 2.35. The molecule has 2 aromatic rings. The third-order valence-electron chi connectivity index (χ3n) is 3.54. The smallest absolute Gasteiger partial charge is 0.166 e. The van der Waals surface area contributed by atoms with E-state index in [0.29, 0.717) is 16.3 Å². The Bertz CT molecular complexity index is 805. The summed E-state index contributed by atoms with van der Waals surface area (Å²) in [5.41, 5.74) is 8.06. The summed E-state index contributed by atoms with van der Waals surface area (Å²) in [6, 6.07) is 5.94. The minimum Gasteiger partial charge on any atom is -0.482 e. The van der Waals surface area contributed by atoms with Crippen LogP contribution in [0.25, 0.3) is 5.70 Å². The highest BCUT2D eigenvalue weighted by Crippen LogP contribution is 2.32. The molecule has 132 valence electrons. The average Bonchev–Trinajstić information content (AvgIpc) is 2.58. The van der Waals surface area contributed by atoms with E-state index in [1.165, 1.54) is 18.2 Å². The molecule has 0 aliphatic heterocycles. The number of aliphatic imine (C=N–C) groups is 1. The van der Waals surface area contributed by atoms with Gasteiger partial charge in [-0.25, -0.2) is 9.37 Å². The van der Waals surface area contributed by atoms with Crippen LogP contribution < -0.4 is 10.5 Å². The molecule has 0 saturated heterocycles. The van der Waals surface area contributed by atoms with Crippen LogP contribution in [0.2, 0.25) is 5.02 Å². The first kappa shape index (κ1) is 18.9. The number of ether oxygens (including phenoxy) is 1. The summed E-state index contributed by atoms with van der Waals surface area (Å²) >= 11 is 6.14. The van der Waals surface area contributed by atoms with Crippen LogP contribution in [-0.2, 0) is 0 Å². The first-order valence-corrected chi connectivity index (χ1v) is 8.40. The number of nitrogens with two attached hydrogens (primary N) is 1. The Morgan fingerprint density at radius 3 is 2.88 bits per heavy atom. The highest BCUT2D eigenvalue weighted by molar-refractivity contribution is 6.31. The summed E-state index contributed by atoms with van der Waals surface area (Å²) in [7, 11) is 0. The molecule has 0 aliphatic carbocycles. The number of nitrogens with zero attached hydrogens (tertiary/aromatic N) is 2. The number of pyridine rings is 1. The van der Waals surface area contributed by atoms with E-state index in [-0.39, 0.29) is 11.6 Å². The largest absolute Gasteiger partial charge is 0.482 e. The van der Waals surface area contributed by atoms with Gasteiger partial charge in [0.25, 0.3) is 0 Å². The molecule has 0 fully saturated rings. The van der Waals surface area contributed by atoms with Crippen LogP contribution in [0.15, 0.2) is 41.5 Å². The van der Waals surface area contributed by atoms with Crippen molar-refractivity contribution in [3.05, 3.63) is 58.5 Å². The number of nitrogen functional groups attached to an aromatic ring is 1. The first-order valence-electron chi connectivity index (χ1n) is 8.02. The predicted octanol–water partition coefficient (Wildman–Crippen LogP) is 5.44. The zero-order valence-electron chi connectivity index (χ0n) is 14.5. The Kier molecular flexibility index (Phi) is 6.53. The molecule has 1 heterocycles. The molecule has 1 unspecified atom stereocenters. The number of rotatable bonds is 6. The third-order valence-corrected chi connectivity index (χ3v) is 3.89. The zero-order chi connectivity index (χ0) is 18.4. The number of allylic oxidation sites excluding steroid dienone is 1. The van der Waals surface area contributed by atoms with Crippen molar-refractivity contribution in [3.63, 3.8) is 0 Å². The molecule has 4 nitrogen and oxygen atoms in total. The minimum absolute atomic E-state index is 0.249. The van der Waals surface area contributed by atoms with Crippen molar-refractivity contribution in [2.45, 2.75) is 33.3 Å². The quantitative estimate of drug-likeness (QED) is 0.697. The lowest BCUT2D eigenvalue weighted by Gasteiger charge is -2.18. The molecule has 0 saturated carbocycles. The molecule has 0 spiro atoms. The van der Waals surface area contributed by atoms with E-state index in [9.17, 15) is 4.39 Å². The van der Waals surface area contributed by atoms with E-state index in [2.05, 4.69) is 9.98 Å². The number of hydrogen-bond acceptors (Lipinski definition) is 4. The first-order chi connectivity index (χ1) is 12.0. The molecular formula is C19H21ClFN3O. The Balaban J connectivity index is 2.34. The van der Waals surface area contributed by atoms with Crippen LogP contribution >= 0.6 is 11.6 Å². The molecule has 1 atom stereocenters. The van der Waals surface area contributed by atoms with Gasteiger partial charge in [-0.05, 0) is 44.5 Å². The van der Waals surface area contributed by atoms with Crippen LogP contribution in [-0.4, -0.2) is 11.2 Å². The van der Waals surface area contributed by atoms with Crippen molar-refractivity contribution >= 4 is 29.3 Å². The van der Waals surface area contributed by atoms with Crippen LogP contribution in [0.5, 0.6) is 5.75 Å². The fourth-order valence-corrected chi connectivity index (χ4v) is 2.62. The number of aromatic nitrogens is 1. The standard InChI is InChI=1S/C19H21ClFN3O/c1-4-6-17(23-5-2)13-9-18(19(22)24-11-13)25-12(3)15-10-14(21)7-8-16(15)20/h5-12H,4H2,1-3H3,(H2,22,24)/b17-6-,23-5-. The topological polar surface area (TPSA) is 60.5 Å². The average molecular weight is 362 g/mol. The van der Waals surface area contributed by atoms with Crippen molar-refractivity contribution in [3.8, 4) is 5.75 Å². The maximum Gasteiger partial charge on any atom is 0.166 e. The van der Waals surface area contributed by atoms with Crippen LogP contribution in [0, 0.1) is 5.82 Å². The van der Waals surface area contributed by atoms with E-state index in [0.717, 1.165) is 17.7 Å². The summed E-state index contributed by atoms with van der Waals surface area (Å²) < 4.78 is 19.4. The Morgan fingerprint density at radius 1 is 1.44 bits per heavy atom. The lowest BCUT2D eigenvalue weighted by atomic mass is 10.1. The molecule has 0 radical (unpaired) electrons. The van der Waals surface area contributed by atoms with Crippen LogP contribution in [0.1, 0.15) is 44.4 Å². The lowest BCUT2D eigenvalue weighted by Crippen LogP contribution is -2.07. The van der Waals surface area contributed by atoms with E-state index in [4.69, 9.17) is 22.1 Å². The molecule has 2 rings (SSSR count).